The van der Waals surface area contributed by atoms with Gasteiger partial charge >= 0.3 is 17.8 Å². The van der Waals surface area contributed by atoms with Crippen molar-refractivity contribution >= 4 is 35.0 Å². The molecule has 12 nitrogen and oxygen atoms in total. The van der Waals surface area contributed by atoms with E-state index in [9.17, 15) is 38.0 Å². The maximum atomic E-state index is 12.6. The fraction of sp³-hybridized carbons (Fsp3) is 0.333. The molecule has 3 aromatic rings. The van der Waals surface area contributed by atoms with Crippen LogP contribution in [0.15, 0.2) is 53.7 Å². The second-order valence-electron chi connectivity index (χ2n) is 10.3. The fourth-order valence-electron chi connectivity index (χ4n) is 4.02. The zero-order chi connectivity index (χ0) is 34.4. The largest absolute Gasteiger partial charge is 0.487 e. The van der Waals surface area contributed by atoms with E-state index in [1.807, 2.05) is 13.8 Å². The van der Waals surface area contributed by atoms with Gasteiger partial charge in [-0.15, -0.1) is 0 Å². The van der Waals surface area contributed by atoms with Crippen LogP contribution in [-0.4, -0.2) is 52.0 Å². The van der Waals surface area contributed by atoms with Crippen LogP contribution < -0.4 is 14.8 Å². The van der Waals surface area contributed by atoms with E-state index in [2.05, 4.69) is 15.3 Å². The Morgan fingerprint density at radius 1 is 1.17 bits per heavy atom. The number of nitrogens with one attached hydrogen (secondary N) is 1. The molecule has 0 fully saturated rings. The van der Waals surface area contributed by atoms with Crippen molar-refractivity contribution in [3.8, 4) is 17.2 Å². The Balaban J connectivity index is 0.000000251. The summed E-state index contributed by atoms with van der Waals surface area (Å²) >= 11 is 5.80. The molecule has 0 saturated heterocycles. The van der Waals surface area contributed by atoms with Gasteiger partial charge in [0.25, 0.3) is 5.91 Å². The van der Waals surface area contributed by atoms with Crippen molar-refractivity contribution in [1.29, 1.82) is 0 Å². The van der Waals surface area contributed by atoms with Crippen LogP contribution in [0.1, 0.15) is 54.9 Å². The number of hydrogen-bond acceptors (Lipinski definition) is 9. The van der Waals surface area contributed by atoms with Gasteiger partial charge in [-0.25, -0.2) is 9.79 Å². The molecule has 246 valence electrons. The average Bonchev–Trinajstić information content (AvgIpc) is 3.29. The number of nitro groups is 1. The molecule has 0 saturated carbocycles. The number of ether oxygens (including phenoxy) is 3. The minimum absolute atomic E-state index is 0.0111. The van der Waals surface area contributed by atoms with Gasteiger partial charge in [-0.3, -0.25) is 19.9 Å². The van der Waals surface area contributed by atoms with E-state index in [1.54, 1.807) is 13.8 Å². The van der Waals surface area contributed by atoms with E-state index in [1.165, 1.54) is 37.6 Å². The van der Waals surface area contributed by atoms with Gasteiger partial charge in [0.05, 0.1) is 34.3 Å². The first kappa shape index (κ1) is 35.7. The first-order chi connectivity index (χ1) is 21.5. The SMILES string of the molecule is CCOc1cc(Oc2ccc(C(F)(F)F)cc2Cl)ccc1[N+](=O)[O-].COCc1cnc(C2=NC(C)(C(C)C)C(=O)N2)c(C(=O)O)c1. The van der Waals surface area contributed by atoms with Crippen LogP contribution in [-0.2, 0) is 22.3 Å². The molecule has 1 atom stereocenters. The molecule has 1 aliphatic heterocycles. The molecule has 0 aliphatic carbocycles. The van der Waals surface area contributed by atoms with Gasteiger partial charge in [0.2, 0.25) is 5.75 Å². The number of aliphatic imine (C=N–C) groups is 1. The molecule has 0 spiro atoms. The summed E-state index contributed by atoms with van der Waals surface area (Å²) in [6.07, 6.45) is -3.00. The molecule has 1 unspecified atom stereocenters. The lowest BCUT2D eigenvalue weighted by atomic mass is 9.89. The van der Waals surface area contributed by atoms with Gasteiger partial charge in [-0.2, -0.15) is 13.2 Å². The summed E-state index contributed by atoms with van der Waals surface area (Å²) in [7, 11) is 1.52. The summed E-state index contributed by atoms with van der Waals surface area (Å²) in [5.74, 6) is -1.09. The van der Waals surface area contributed by atoms with Crippen LogP contribution in [0.3, 0.4) is 0 Å². The molecule has 2 heterocycles. The van der Waals surface area contributed by atoms with Gasteiger partial charge in [-0.05, 0) is 55.7 Å². The number of hydrogen-bond donors (Lipinski definition) is 2. The van der Waals surface area contributed by atoms with Crippen molar-refractivity contribution in [2.24, 2.45) is 10.9 Å². The first-order valence-electron chi connectivity index (χ1n) is 13.6. The first-order valence-corrected chi connectivity index (χ1v) is 14.0. The number of alkyl halides is 3. The van der Waals surface area contributed by atoms with Crippen LogP contribution >= 0.6 is 11.6 Å². The van der Waals surface area contributed by atoms with E-state index < -0.39 is 28.2 Å². The standard InChI is InChI=1S/C15H11ClF3NO4.C15H19N3O4/c1-2-23-14-8-10(4-5-12(14)20(21)22)24-13-6-3-9(7-11(13)16)15(17,18)19;1-8(2)15(3)14(21)17-12(18-15)11-10(13(19)20)5-9(6-16-11)7-22-4/h3-8H,2H2,1H3;5-6,8H,7H2,1-4H3,(H,19,20)(H,17,18,21). The lowest BCUT2D eigenvalue weighted by molar-refractivity contribution is -0.385. The number of methoxy groups -OCH3 is 1. The van der Waals surface area contributed by atoms with Gasteiger partial charge in [0, 0.05) is 25.4 Å². The molecule has 1 amide bonds. The molecular formula is C30H30ClF3N4O8. The molecule has 16 heteroatoms. The summed E-state index contributed by atoms with van der Waals surface area (Å²) in [5, 5.41) is 22.7. The highest BCUT2D eigenvalue weighted by molar-refractivity contribution is 6.32. The topological polar surface area (TPSA) is 162 Å². The second kappa shape index (κ2) is 14.6. The molecule has 2 N–H and O–H groups in total. The monoisotopic (exact) mass is 666 g/mol. The van der Waals surface area contributed by atoms with Gasteiger partial charge in [0.1, 0.15) is 22.7 Å². The number of carboxylic acid groups (broad SMARTS) is 1. The maximum absolute atomic E-state index is 12.6. The van der Waals surface area contributed by atoms with Crippen molar-refractivity contribution in [2.75, 3.05) is 13.7 Å². The summed E-state index contributed by atoms with van der Waals surface area (Å²) < 4.78 is 53.4. The highest BCUT2D eigenvalue weighted by atomic mass is 35.5. The summed E-state index contributed by atoms with van der Waals surface area (Å²) in [4.78, 5) is 42.5. The molecule has 0 radical (unpaired) electrons. The minimum atomic E-state index is -4.52. The Kier molecular flexibility index (Phi) is 11.3. The highest BCUT2D eigenvalue weighted by Gasteiger charge is 2.43. The smallest absolute Gasteiger partial charge is 0.416 e. The zero-order valence-electron chi connectivity index (χ0n) is 25.3. The van der Waals surface area contributed by atoms with Crippen molar-refractivity contribution in [3.05, 3.63) is 86.2 Å². The molecule has 2 aromatic carbocycles. The third kappa shape index (κ3) is 8.28. The number of amides is 1. The Bertz CT molecular complexity index is 1670. The van der Waals surface area contributed by atoms with Crippen molar-refractivity contribution in [1.82, 2.24) is 10.3 Å². The Morgan fingerprint density at radius 3 is 2.39 bits per heavy atom. The number of rotatable bonds is 10. The summed E-state index contributed by atoms with van der Waals surface area (Å²) in [6, 6.07) is 7.88. The van der Waals surface area contributed by atoms with Crippen LogP contribution in [0.2, 0.25) is 5.02 Å². The minimum Gasteiger partial charge on any atom is -0.487 e. The van der Waals surface area contributed by atoms with Crippen LogP contribution in [0.4, 0.5) is 18.9 Å². The third-order valence-electron chi connectivity index (χ3n) is 6.78. The predicted molar refractivity (Wildman–Crippen MR) is 161 cm³/mol. The number of halogens is 4. The Morgan fingerprint density at radius 2 is 1.87 bits per heavy atom. The van der Waals surface area contributed by atoms with Crippen molar-refractivity contribution < 1.29 is 47.0 Å². The molecule has 1 aliphatic rings. The normalized spacial score (nSPS) is 15.9. The van der Waals surface area contributed by atoms with Gasteiger partial charge < -0.3 is 24.6 Å². The van der Waals surface area contributed by atoms with Crippen LogP contribution in [0, 0.1) is 16.0 Å². The highest BCUT2D eigenvalue weighted by Crippen LogP contribution is 2.38. The van der Waals surface area contributed by atoms with E-state index in [-0.39, 0.29) is 70.1 Å². The molecule has 0 bridgehead atoms. The number of benzene rings is 2. The molecule has 4 rings (SSSR count). The summed E-state index contributed by atoms with van der Waals surface area (Å²) in [5.41, 5.74) is -1.29. The van der Waals surface area contributed by atoms with Crippen LogP contribution in [0.5, 0.6) is 17.2 Å². The number of nitro benzene ring substituents is 1. The van der Waals surface area contributed by atoms with Crippen LogP contribution in [0.25, 0.3) is 0 Å². The quantitative estimate of drug-likeness (QED) is 0.178. The number of carboxylic acids is 1. The number of carbonyl (C=O) groups is 2. The lowest BCUT2D eigenvalue weighted by Gasteiger charge is -2.21. The fourth-order valence-corrected chi connectivity index (χ4v) is 4.24. The van der Waals surface area contributed by atoms with Gasteiger partial charge in [-0.1, -0.05) is 25.4 Å². The average molecular weight is 667 g/mol. The molecule has 46 heavy (non-hydrogen) atoms. The Hall–Kier alpha value is -4.76. The lowest BCUT2D eigenvalue weighted by Crippen LogP contribution is -2.41. The number of amidine groups is 1. The maximum Gasteiger partial charge on any atom is 0.416 e. The Labute approximate surface area is 266 Å². The number of pyridine rings is 1. The number of aromatic nitrogens is 1. The van der Waals surface area contributed by atoms with E-state index >= 15 is 0 Å². The number of nitrogens with zero attached hydrogens (tertiary/aromatic N) is 3. The van der Waals surface area contributed by atoms with Crippen molar-refractivity contribution in [3.63, 3.8) is 0 Å². The summed E-state index contributed by atoms with van der Waals surface area (Å²) in [6.45, 7) is 7.61. The van der Waals surface area contributed by atoms with E-state index in [4.69, 9.17) is 25.8 Å². The van der Waals surface area contributed by atoms with Crippen molar-refractivity contribution in [2.45, 2.75) is 46.0 Å². The predicted octanol–water partition coefficient (Wildman–Crippen LogP) is 6.68. The second-order valence-corrected chi connectivity index (χ2v) is 10.7. The number of carbonyl (C=O) groups excluding carboxylic acids is 1. The van der Waals surface area contributed by atoms with Gasteiger partial charge in [0.15, 0.2) is 5.84 Å². The number of aromatic carboxylic acids is 1. The third-order valence-corrected chi connectivity index (χ3v) is 7.08. The molecular weight excluding hydrogens is 637 g/mol. The molecule has 1 aromatic heterocycles. The zero-order valence-corrected chi connectivity index (χ0v) is 26.0. The van der Waals surface area contributed by atoms with E-state index in [0.29, 0.717) is 5.56 Å². The van der Waals surface area contributed by atoms with E-state index in [0.717, 1.165) is 18.2 Å².